The van der Waals surface area contributed by atoms with Crippen molar-refractivity contribution in [3.8, 4) is 22.9 Å². The number of aryl methyl sites for hydroxylation is 2. The molecule has 2 heterocycles. The van der Waals surface area contributed by atoms with Crippen LogP contribution in [0.1, 0.15) is 38.8 Å². The zero-order valence-corrected chi connectivity index (χ0v) is 27.7. The normalized spacial score (nSPS) is 11.1. The number of carbonyl (C=O) groups excluding carboxylic acids is 1. The number of nitrogens with zero attached hydrogens (tertiary/aromatic N) is 2. The molecule has 1 amide bonds. The van der Waals surface area contributed by atoms with Crippen LogP contribution in [0.25, 0.3) is 5.69 Å². The summed E-state index contributed by atoms with van der Waals surface area (Å²) in [6, 6.07) is 24.1. The molecule has 0 aliphatic rings. The van der Waals surface area contributed by atoms with Crippen LogP contribution in [0.2, 0.25) is 10.0 Å². The Balaban J connectivity index is 1.15. The van der Waals surface area contributed by atoms with Gasteiger partial charge in [0, 0.05) is 32.7 Å². The van der Waals surface area contributed by atoms with E-state index in [9.17, 15) is 4.79 Å². The molecule has 0 saturated heterocycles. The monoisotopic (exact) mass is 743 g/mol. The number of rotatable bonds is 11. The minimum absolute atomic E-state index is 0.117. The van der Waals surface area contributed by atoms with Gasteiger partial charge in [0.2, 0.25) is 0 Å². The fourth-order valence-electron chi connectivity index (χ4n) is 4.46. The SMILES string of the molecule is COc1cc(/C=N/NC(=O)c2ccc(COc3ccc(-n4c(C)ccc4C)cc3)o2)cc(I)c1OCc1ccc(Cl)cc1Cl. The first kappa shape index (κ1) is 31.5. The number of ether oxygens (including phenoxy) is 3. The second-order valence-corrected chi connectivity index (χ2v) is 11.8. The van der Waals surface area contributed by atoms with E-state index in [2.05, 4.69) is 63.7 Å². The number of amides is 1. The molecule has 0 aliphatic heterocycles. The molecule has 8 nitrogen and oxygen atoms in total. The average molecular weight is 744 g/mol. The van der Waals surface area contributed by atoms with Crippen molar-refractivity contribution in [2.45, 2.75) is 27.1 Å². The lowest BCUT2D eigenvalue weighted by molar-refractivity contribution is 0.0923. The summed E-state index contributed by atoms with van der Waals surface area (Å²) < 4.78 is 26.0. The van der Waals surface area contributed by atoms with E-state index >= 15 is 0 Å². The van der Waals surface area contributed by atoms with Gasteiger partial charge in [-0.15, -0.1) is 0 Å². The van der Waals surface area contributed by atoms with Crippen molar-refractivity contribution in [2.24, 2.45) is 5.10 Å². The Morgan fingerprint density at radius 1 is 0.955 bits per heavy atom. The zero-order valence-electron chi connectivity index (χ0n) is 24.1. The molecule has 44 heavy (non-hydrogen) atoms. The Kier molecular flexibility index (Phi) is 10.2. The van der Waals surface area contributed by atoms with Crippen molar-refractivity contribution in [1.82, 2.24) is 9.99 Å². The number of carbonyl (C=O) groups is 1. The molecule has 0 unspecified atom stereocenters. The fraction of sp³-hybridized carbons (Fsp3) is 0.152. The van der Waals surface area contributed by atoms with Crippen LogP contribution in [0.3, 0.4) is 0 Å². The van der Waals surface area contributed by atoms with Crippen LogP contribution >= 0.6 is 45.8 Å². The molecule has 3 aromatic carbocycles. The zero-order chi connectivity index (χ0) is 31.2. The molecule has 226 valence electrons. The molecule has 0 radical (unpaired) electrons. The van der Waals surface area contributed by atoms with E-state index < -0.39 is 5.91 Å². The number of hydrazone groups is 1. The van der Waals surface area contributed by atoms with E-state index in [0.29, 0.717) is 38.6 Å². The molecular weight excluding hydrogens is 716 g/mol. The van der Waals surface area contributed by atoms with Gasteiger partial charge in [-0.2, -0.15) is 5.10 Å². The Hall–Kier alpha value is -3.93. The highest BCUT2D eigenvalue weighted by molar-refractivity contribution is 14.1. The van der Waals surface area contributed by atoms with E-state index in [-0.39, 0.29) is 19.0 Å². The molecule has 0 fully saturated rings. The summed E-state index contributed by atoms with van der Waals surface area (Å²) in [6.07, 6.45) is 1.51. The minimum atomic E-state index is -0.490. The standard InChI is InChI=1S/C33H28Cl2IN3O5/c1-20-4-5-21(2)39(20)25-8-10-26(11-9-25)42-19-27-12-13-30(44-27)33(40)38-37-17-22-14-29(36)32(31(15-22)41-3)43-18-23-6-7-24(34)16-28(23)35/h4-17H,18-19H2,1-3H3,(H,38,40)/b37-17+. The van der Waals surface area contributed by atoms with Crippen LogP contribution in [-0.2, 0) is 13.2 Å². The van der Waals surface area contributed by atoms with Crippen molar-refractivity contribution < 1.29 is 23.4 Å². The van der Waals surface area contributed by atoms with Gasteiger partial charge in [0.15, 0.2) is 17.3 Å². The number of aromatic nitrogens is 1. The van der Waals surface area contributed by atoms with E-state index in [1.165, 1.54) is 6.21 Å². The number of nitrogens with one attached hydrogen (secondary N) is 1. The molecule has 0 bridgehead atoms. The van der Waals surface area contributed by atoms with Gasteiger partial charge >= 0.3 is 5.91 Å². The number of furan rings is 1. The molecular formula is C33H28Cl2IN3O5. The molecule has 0 saturated carbocycles. The fourth-order valence-corrected chi connectivity index (χ4v) is 5.71. The summed E-state index contributed by atoms with van der Waals surface area (Å²) in [6.45, 7) is 4.55. The summed E-state index contributed by atoms with van der Waals surface area (Å²) in [4.78, 5) is 12.6. The van der Waals surface area contributed by atoms with E-state index in [0.717, 1.165) is 26.2 Å². The third-order valence-electron chi connectivity index (χ3n) is 6.65. The first-order valence-electron chi connectivity index (χ1n) is 13.5. The molecule has 0 atom stereocenters. The summed E-state index contributed by atoms with van der Waals surface area (Å²) in [5.74, 6) is 1.90. The summed E-state index contributed by atoms with van der Waals surface area (Å²) in [5, 5.41) is 5.15. The highest BCUT2D eigenvalue weighted by atomic mass is 127. The lowest BCUT2D eigenvalue weighted by Crippen LogP contribution is -2.16. The molecule has 1 N–H and O–H groups in total. The van der Waals surface area contributed by atoms with Crippen LogP contribution in [-0.4, -0.2) is 23.8 Å². The van der Waals surface area contributed by atoms with Crippen LogP contribution in [0.15, 0.2) is 88.4 Å². The van der Waals surface area contributed by atoms with Gasteiger partial charge in [0.05, 0.1) is 16.9 Å². The second-order valence-electron chi connectivity index (χ2n) is 9.76. The smallest absolute Gasteiger partial charge is 0.307 e. The van der Waals surface area contributed by atoms with Gasteiger partial charge in [-0.05, 0) is 115 Å². The topological polar surface area (TPSA) is 87.2 Å². The van der Waals surface area contributed by atoms with Crippen molar-refractivity contribution in [2.75, 3.05) is 7.11 Å². The first-order valence-corrected chi connectivity index (χ1v) is 15.3. The average Bonchev–Trinajstić information content (AvgIpc) is 3.62. The number of hydrogen-bond acceptors (Lipinski definition) is 6. The van der Waals surface area contributed by atoms with Crippen LogP contribution in [0.5, 0.6) is 17.2 Å². The number of methoxy groups -OCH3 is 1. The highest BCUT2D eigenvalue weighted by Gasteiger charge is 2.14. The lowest BCUT2D eigenvalue weighted by Gasteiger charge is -2.14. The maximum absolute atomic E-state index is 12.6. The van der Waals surface area contributed by atoms with Crippen molar-refractivity contribution >= 4 is 57.9 Å². The quantitative estimate of drug-likeness (QED) is 0.0833. The van der Waals surface area contributed by atoms with E-state index in [4.69, 9.17) is 41.8 Å². The summed E-state index contributed by atoms with van der Waals surface area (Å²) in [5.41, 5.74) is 7.37. The maximum Gasteiger partial charge on any atom is 0.307 e. The van der Waals surface area contributed by atoms with Crippen molar-refractivity contribution in [3.63, 3.8) is 0 Å². The van der Waals surface area contributed by atoms with Crippen LogP contribution < -0.4 is 19.6 Å². The second kappa shape index (κ2) is 14.2. The van der Waals surface area contributed by atoms with Gasteiger partial charge < -0.3 is 23.2 Å². The Morgan fingerprint density at radius 3 is 2.41 bits per heavy atom. The van der Waals surface area contributed by atoms with Crippen LogP contribution in [0.4, 0.5) is 0 Å². The largest absolute Gasteiger partial charge is 0.493 e. The maximum atomic E-state index is 12.6. The third kappa shape index (κ3) is 7.58. The lowest BCUT2D eigenvalue weighted by atomic mass is 10.2. The molecule has 5 aromatic rings. The molecule has 0 spiro atoms. The molecule has 2 aromatic heterocycles. The van der Waals surface area contributed by atoms with Crippen molar-refractivity contribution in [1.29, 1.82) is 0 Å². The van der Waals surface area contributed by atoms with Gasteiger partial charge in [-0.1, -0.05) is 29.3 Å². The van der Waals surface area contributed by atoms with Gasteiger partial charge in [-0.25, -0.2) is 5.43 Å². The number of halogens is 3. The molecule has 5 rings (SSSR count). The van der Waals surface area contributed by atoms with Gasteiger partial charge in [0.1, 0.15) is 24.7 Å². The highest BCUT2D eigenvalue weighted by Crippen LogP contribution is 2.35. The predicted octanol–water partition coefficient (Wildman–Crippen LogP) is 8.53. The van der Waals surface area contributed by atoms with Crippen LogP contribution in [0, 0.1) is 17.4 Å². The van der Waals surface area contributed by atoms with E-state index in [1.807, 2.05) is 36.4 Å². The first-order chi connectivity index (χ1) is 21.2. The summed E-state index contributed by atoms with van der Waals surface area (Å²) >= 11 is 14.4. The predicted molar refractivity (Wildman–Crippen MR) is 180 cm³/mol. The molecule has 0 aliphatic carbocycles. The number of hydrogen-bond donors (Lipinski definition) is 1. The van der Waals surface area contributed by atoms with Gasteiger partial charge in [0.25, 0.3) is 0 Å². The van der Waals surface area contributed by atoms with Crippen molar-refractivity contribution in [3.05, 3.63) is 127 Å². The van der Waals surface area contributed by atoms with E-state index in [1.54, 1.807) is 37.4 Å². The Bertz CT molecular complexity index is 1800. The Morgan fingerprint density at radius 2 is 1.70 bits per heavy atom. The van der Waals surface area contributed by atoms with Gasteiger partial charge in [-0.3, -0.25) is 4.79 Å². The Labute approximate surface area is 278 Å². The summed E-state index contributed by atoms with van der Waals surface area (Å²) in [7, 11) is 1.55. The minimum Gasteiger partial charge on any atom is -0.493 e. The molecule has 11 heteroatoms. The third-order valence-corrected chi connectivity index (χ3v) is 8.04. The number of benzene rings is 3.